The van der Waals surface area contributed by atoms with Gasteiger partial charge in [0.25, 0.3) is 0 Å². The zero-order chi connectivity index (χ0) is 12.0. The molecular formula is C13H16O3U. The number of carboxylic acids is 1. The summed E-state index contributed by atoms with van der Waals surface area (Å²) in [6, 6.07) is 8.87. The van der Waals surface area contributed by atoms with Crippen molar-refractivity contribution in [3.63, 3.8) is 0 Å². The van der Waals surface area contributed by atoms with Crippen molar-refractivity contribution >= 4 is 5.97 Å². The molecule has 0 radical (unpaired) electrons. The molecule has 0 spiro atoms. The topological polar surface area (TPSA) is 46.5 Å². The van der Waals surface area contributed by atoms with Crippen molar-refractivity contribution in [1.82, 2.24) is 0 Å². The minimum atomic E-state index is -0.899. The van der Waals surface area contributed by atoms with Crippen LogP contribution in [0, 0.1) is 49.5 Å². The minimum absolute atomic E-state index is 0. The number of carboxylic acid groups (broad SMARTS) is 1. The number of hydrogen-bond donors (Lipinski definition) is 1. The van der Waals surface area contributed by atoms with Gasteiger partial charge in [0.2, 0.25) is 0 Å². The van der Waals surface area contributed by atoms with Crippen LogP contribution in [0.2, 0.25) is 0 Å². The maximum absolute atomic E-state index is 10.2. The molecule has 1 aliphatic heterocycles. The molecule has 0 unspecified atom stereocenters. The summed E-state index contributed by atoms with van der Waals surface area (Å²) in [7, 11) is 0. The Hall–Kier alpha value is -0.298. The first kappa shape index (κ1) is 16.7. The van der Waals surface area contributed by atoms with Gasteiger partial charge in [0.05, 0.1) is 0 Å². The Morgan fingerprint density at radius 2 is 2.06 bits per heavy atom. The maximum atomic E-state index is 10.2. The van der Waals surface area contributed by atoms with Gasteiger partial charge in [-0.15, -0.1) is 5.41 Å². The number of benzene rings is 1. The predicted molar refractivity (Wildman–Crippen MR) is 61.1 cm³/mol. The summed E-state index contributed by atoms with van der Waals surface area (Å²) >= 11 is 0. The average Bonchev–Trinajstić information content (AvgIpc) is 2.28. The van der Waals surface area contributed by atoms with Crippen molar-refractivity contribution in [1.29, 1.82) is 0 Å². The van der Waals surface area contributed by atoms with Gasteiger partial charge in [0.1, 0.15) is 0 Å². The van der Waals surface area contributed by atoms with Crippen molar-refractivity contribution in [2.24, 2.45) is 5.41 Å². The van der Waals surface area contributed by atoms with Crippen LogP contribution < -0.4 is 0 Å². The number of aromatic carboxylic acids is 1. The first-order valence-electron chi connectivity index (χ1n) is 5.20. The first-order valence-corrected chi connectivity index (χ1v) is 5.20. The number of ether oxygens (including phenoxy) is 1. The molecule has 4 heteroatoms. The summed E-state index contributed by atoms with van der Waals surface area (Å²) < 4.78 is 4.97. The van der Waals surface area contributed by atoms with E-state index in [1.165, 1.54) is 12.1 Å². The Bertz CT molecular complexity index is 328. The van der Waals surface area contributed by atoms with E-state index < -0.39 is 5.97 Å². The third-order valence-electron chi connectivity index (χ3n) is 2.53. The van der Waals surface area contributed by atoms with Crippen LogP contribution in [0.4, 0.5) is 0 Å². The van der Waals surface area contributed by atoms with Crippen LogP contribution in [0.25, 0.3) is 0 Å². The predicted octanol–water partition coefficient (Wildman–Crippen LogP) is 2.43. The summed E-state index contributed by atoms with van der Waals surface area (Å²) in [5, 5.41) is 8.37. The summed E-state index contributed by atoms with van der Waals surface area (Å²) in [4.78, 5) is 10.2. The normalized spacial score (nSPS) is 15.6. The molecule has 1 aliphatic rings. The summed E-state index contributed by atoms with van der Waals surface area (Å²) in [6.45, 7) is 7.85. The van der Waals surface area contributed by atoms with E-state index >= 15 is 0 Å². The van der Waals surface area contributed by atoms with Crippen LogP contribution in [0.5, 0.6) is 0 Å². The van der Waals surface area contributed by atoms with Crippen LogP contribution in [-0.2, 0) is 4.74 Å². The quantitative estimate of drug-likeness (QED) is 0.693. The van der Waals surface area contributed by atoms with Gasteiger partial charge in [-0.3, -0.25) is 0 Å². The summed E-state index contributed by atoms with van der Waals surface area (Å²) in [5.74, 6) is -0.899. The summed E-state index contributed by atoms with van der Waals surface area (Å²) in [5.41, 5.74) is 0.591. The van der Waals surface area contributed by atoms with Crippen molar-refractivity contribution in [3.8, 4) is 0 Å². The van der Waals surface area contributed by atoms with Crippen molar-refractivity contribution in [2.75, 3.05) is 13.2 Å². The molecule has 1 aromatic rings. The average molecular weight is 458 g/mol. The standard InChI is InChI=1S/C7H5O2.C6H11O.U/c8-7(9)6-4-2-1-3-5-6;1-3-6(2)4-7-5-6;/h2-5H,(H,8,9);2-5H2,1H3;/q2*-1;+2. The second-order valence-electron chi connectivity index (χ2n) is 3.94. The van der Waals surface area contributed by atoms with Gasteiger partial charge in [-0.05, 0) is 5.56 Å². The molecule has 0 amide bonds. The molecule has 0 bridgehead atoms. The monoisotopic (exact) mass is 458 g/mol. The van der Waals surface area contributed by atoms with Crippen LogP contribution in [0.15, 0.2) is 24.3 Å². The molecule has 0 saturated carbocycles. The van der Waals surface area contributed by atoms with E-state index in [0.29, 0.717) is 11.0 Å². The molecule has 2 rings (SSSR count). The van der Waals surface area contributed by atoms with E-state index in [0.717, 1.165) is 19.6 Å². The van der Waals surface area contributed by atoms with Crippen molar-refractivity contribution in [2.45, 2.75) is 13.3 Å². The van der Waals surface area contributed by atoms with Gasteiger partial charge in [-0.1, -0.05) is 13.3 Å². The van der Waals surface area contributed by atoms with Crippen LogP contribution >= 0.6 is 0 Å². The van der Waals surface area contributed by atoms with Crippen LogP contribution in [0.1, 0.15) is 23.7 Å². The SMILES string of the molecule is O=C(O)c1cc[c-]cc1.[CH2-]C1(CC)COC1.[U+2]. The van der Waals surface area contributed by atoms with E-state index in [4.69, 9.17) is 9.84 Å². The molecule has 1 aromatic carbocycles. The second-order valence-corrected chi connectivity index (χ2v) is 3.94. The number of rotatable bonds is 2. The first-order chi connectivity index (χ1) is 7.57. The minimum Gasteiger partial charge on any atom is -0.479 e. The van der Waals surface area contributed by atoms with Gasteiger partial charge >= 0.3 is 37.1 Å². The van der Waals surface area contributed by atoms with Gasteiger partial charge in [-0.2, -0.15) is 30.3 Å². The molecule has 0 aliphatic carbocycles. The van der Waals surface area contributed by atoms with E-state index in [1.54, 1.807) is 12.1 Å². The zero-order valence-corrected chi connectivity index (χ0v) is 14.1. The number of carbonyl (C=O) groups is 1. The van der Waals surface area contributed by atoms with Gasteiger partial charge in [0.15, 0.2) is 0 Å². The smallest absolute Gasteiger partial charge is 0.479 e. The molecule has 90 valence electrons. The van der Waals surface area contributed by atoms with Gasteiger partial charge in [-0.25, -0.2) is 4.79 Å². The molecule has 1 saturated heterocycles. The number of hydrogen-bond acceptors (Lipinski definition) is 2. The van der Waals surface area contributed by atoms with E-state index in [9.17, 15) is 4.79 Å². The van der Waals surface area contributed by atoms with E-state index in [1.807, 2.05) is 0 Å². The maximum Gasteiger partial charge on any atom is 2.00 e. The molecule has 3 nitrogen and oxygen atoms in total. The Morgan fingerprint density at radius 1 is 1.53 bits per heavy atom. The third-order valence-corrected chi connectivity index (χ3v) is 2.53. The third kappa shape index (κ3) is 5.72. The zero-order valence-electron chi connectivity index (χ0n) is 9.90. The van der Waals surface area contributed by atoms with Gasteiger partial charge in [0, 0.05) is 13.2 Å². The van der Waals surface area contributed by atoms with Crippen molar-refractivity contribution < 1.29 is 45.8 Å². The second kappa shape index (κ2) is 7.92. The molecule has 1 N–H and O–H groups in total. The largest absolute Gasteiger partial charge is 2.00 e. The summed E-state index contributed by atoms with van der Waals surface area (Å²) in [6.07, 6.45) is 1.15. The fraction of sp³-hybridized carbons (Fsp3) is 0.385. The van der Waals surface area contributed by atoms with Crippen LogP contribution in [-0.4, -0.2) is 24.3 Å². The Kier molecular flexibility index (Phi) is 7.78. The van der Waals surface area contributed by atoms with Crippen LogP contribution in [0.3, 0.4) is 0 Å². The van der Waals surface area contributed by atoms with E-state index in [-0.39, 0.29) is 31.1 Å². The fourth-order valence-corrected chi connectivity index (χ4v) is 1.12. The van der Waals surface area contributed by atoms with E-state index in [2.05, 4.69) is 19.9 Å². The van der Waals surface area contributed by atoms with Gasteiger partial charge < -0.3 is 16.8 Å². The Labute approximate surface area is 126 Å². The molecule has 0 aromatic heterocycles. The Morgan fingerprint density at radius 3 is 2.24 bits per heavy atom. The molecule has 17 heavy (non-hydrogen) atoms. The molecule has 0 atom stereocenters. The Balaban J connectivity index is 0.000000292. The molecule has 1 fully saturated rings. The fourth-order valence-electron chi connectivity index (χ4n) is 1.12. The van der Waals surface area contributed by atoms with Crippen molar-refractivity contribution in [3.05, 3.63) is 42.8 Å². The molecule has 1 heterocycles. The molecular weight excluding hydrogens is 442 g/mol.